The maximum atomic E-state index is 11.9. The molecule has 0 unspecified atom stereocenters. The van der Waals surface area contributed by atoms with E-state index in [1.807, 2.05) is 18.3 Å². The molecule has 6 heteroatoms. The monoisotopic (exact) mass is 321 g/mol. The lowest BCUT2D eigenvalue weighted by atomic mass is 10.1. The number of H-pyrrole nitrogens is 1. The molecule has 0 aliphatic rings. The number of nitrogens with one attached hydrogen (secondary N) is 3. The highest BCUT2D eigenvalue weighted by atomic mass is 16.1. The van der Waals surface area contributed by atoms with Gasteiger partial charge in [-0.2, -0.15) is 0 Å². The van der Waals surface area contributed by atoms with E-state index in [0.29, 0.717) is 24.7 Å². The fraction of sp³-hybridized carbons (Fsp3) is 0.167. The van der Waals surface area contributed by atoms with Gasteiger partial charge >= 0.3 is 0 Å². The second kappa shape index (κ2) is 7.41. The van der Waals surface area contributed by atoms with Crippen LogP contribution in [0.4, 0.5) is 5.95 Å². The van der Waals surface area contributed by atoms with Crippen molar-refractivity contribution in [3.63, 3.8) is 0 Å². The summed E-state index contributed by atoms with van der Waals surface area (Å²) in [4.78, 5) is 23.5. The molecule has 0 atom stereocenters. The van der Waals surface area contributed by atoms with Crippen molar-refractivity contribution in [1.29, 1.82) is 0 Å². The van der Waals surface area contributed by atoms with Crippen molar-refractivity contribution in [3.8, 4) is 0 Å². The van der Waals surface area contributed by atoms with Crippen molar-refractivity contribution < 1.29 is 4.79 Å². The molecule has 3 rings (SSSR count). The van der Waals surface area contributed by atoms with Crippen LogP contribution in [0.25, 0.3) is 10.9 Å². The van der Waals surface area contributed by atoms with E-state index in [-0.39, 0.29) is 5.91 Å². The molecular formula is C18H19N5O. The Balaban J connectivity index is 1.60. The zero-order valence-corrected chi connectivity index (χ0v) is 13.2. The zero-order chi connectivity index (χ0) is 16.8. The Kier molecular flexibility index (Phi) is 4.86. The van der Waals surface area contributed by atoms with Gasteiger partial charge in [0, 0.05) is 36.4 Å². The molecule has 3 aromatic rings. The molecule has 122 valence electrons. The highest BCUT2D eigenvalue weighted by molar-refractivity contribution is 5.92. The maximum Gasteiger partial charge on any atom is 0.270 e. The van der Waals surface area contributed by atoms with E-state index in [4.69, 9.17) is 0 Å². The average molecular weight is 321 g/mol. The summed E-state index contributed by atoms with van der Waals surface area (Å²) in [5, 5.41) is 7.08. The summed E-state index contributed by atoms with van der Waals surface area (Å²) < 4.78 is 0. The molecule has 0 saturated heterocycles. The molecule has 24 heavy (non-hydrogen) atoms. The SMILES string of the molecule is C=CCNC(=O)c1ccnc(NCCc2c[nH]c3ccccc23)n1. The molecule has 2 aromatic heterocycles. The van der Waals surface area contributed by atoms with Gasteiger partial charge in [0.15, 0.2) is 0 Å². The average Bonchev–Trinajstić information content (AvgIpc) is 3.03. The number of rotatable bonds is 7. The van der Waals surface area contributed by atoms with Crippen molar-refractivity contribution in [3.05, 3.63) is 66.6 Å². The molecule has 0 saturated carbocycles. The molecule has 0 radical (unpaired) electrons. The van der Waals surface area contributed by atoms with Crippen LogP contribution in [0, 0.1) is 0 Å². The van der Waals surface area contributed by atoms with Gasteiger partial charge in [-0.25, -0.2) is 9.97 Å². The van der Waals surface area contributed by atoms with Crippen LogP contribution in [0.2, 0.25) is 0 Å². The van der Waals surface area contributed by atoms with Gasteiger partial charge < -0.3 is 15.6 Å². The number of aromatic amines is 1. The third kappa shape index (κ3) is 3.60. The van der Waals surface area contributed by atoms with Crippen LogP contribution in [0.1, 0.15) is 16.1 Å². The van der Waals surface area contributed by atoms with Crippen molar-refractivity contribution in [2.24, 2.45) is 0 Å². The molecule has 1 amide bonds. The summed E-state index contributed by atoms with van der Waals surface area (Å²) in [6.45, 7) is 4.66. The zero-order valence-electron chi connectivity index (χ0n) is 13.2. The molecule has 1 aromatic carbocycles. The lowest BCUT2D eigenvalue weighted by Crippen LogP contribution is -2.24. The van der Waals surface area contributed by atoms with E-state index < -0.39 is 0 Å². The van der Waals surface area contributed by atoms with Gasteiger partial charge in [0.1, 0.15) is 5.69 Å². The third-order valence-electron chi connectivity index (χ3n) is 3.65. The van der Waals surface area contributed by atoms with Gasteiger partial charge in [-0.1, -0.05) is 24.3 Å². The number of para-hydroxylation sites is 1. The Labute approximate surface area is 140 Å². The van der Waals surface area contributed by atoms with Crippen molar-refractivity contribution in [2.45, 2.75) is 6.42 Å². The Morgan fingerprint density at radius 2 is 2.17 bits per heavy atom. The van der Waals surface area contributed by atoms with Crippen LogP contribution in [0.5, 0.6) is 0 Å². The number of anilines is 1. The summed E-state index contributed by atoms with van der Waals surface area (Å²) in [6.07, 6.45) is 6.05. The van der Waals surface area contributed by atoms with Crippen LogP contribution in [0.15, 0.2) is 55.4 Å². The molecule has 0 aliphatic carbocycles. The van der Waals surface area contributed by atoms with Crippen LogP contribution in [0.3, 0.4) is 0 Å². The first-order chi connectivity index (χ1) is 11.8. The van der Waals surface area contributed by atoms with Crippen LogP contribution < -0.4 is 10.6 Å². The van der Waals surface area contributed by atoms with E-state index >= 15 is 0 Å². The Hall–Kier alpha value is -3.15. The van der Waals surface area contributed by atoms with Gasteiger partial charge in [-0.3, -0.25) is 4.79 Å². The predicted molar refractivity (Wildman–Crippen MR) is 95.1 cm³/mol. The Bertz CT molecular complexity index is 855. The van der Waals surface area contributed by atoms with Gasteiger partial charge in [-0.05, 0) is 24.1 Å². The first kappa shape index (κ1) is 15.7. The van der Waals surface area contributed by atoms with E-state index in [1.165, 1.54) is 10.9 Å². The first-order valence-electron chi connectivity index (χ1n) is 7.79. The molecule has 0 bridgehead atoms. The minimum absolute atomic E-state index is 0.239. The second-order valence-electron chi connectivity index (χ2n) is 5.30. The summed E-state index contributed by atoms with van der Waals surface area (Å²) in [5.41, 5.74) is 2.70. The number of nitrogens with zero attached hydrogens (tertiary/aromatic N) is 2. The molecular weight excluding hydrogens is 302 g/mol. The molecule has 0 aliphatic heterocycles. The number of hydrogen-bond acceptors (Lipinski definition) is 4. The number of fused-ring (bicyclic) bond motifs is 1. The Morgan fingerprint density at radius 3 is 3.04 bits per heavy atom. The minimum atomic E-state index is -0.239. The number of benzene rings is 1. The summed E-state index contributed by atoms with van der Waals surface area (Å²) in [7, 11) is 0. The third-order valence-corrected chi connectivity index (χ3v) is 3.65. The normalized spacial score (nSPS) is 10.5. The van der Waals surface area contributed by atoms with Gasteiger partial charge in [0.25, 0.3) is 5.91 Å². The summed E-state index contributed by atoms with van der Waals surface area (Å²) >= 11 is 0. The van der Waals surface area contributed by atoms with Gasteiger partial charge in [0.2, 0.25) is 5.95 Å². The fourth-order valence-corrected chi connectivity index (χ4v) is 2.47. The highest BCUT2D eigenvalue weighted by Crippen LogP contribution is 2.17. The van der Waals surface area contributed by atoms with E-state index in [2.05, 4.69) is 44.3 Å². The highest BCUT2D eigenvalue weighted by Gasteiger charge is 2.08. The topological polar surface area (TPSA) is 82.7 Å². The number of hydrogen-bond donors (Lipinski definition) is 3. The Morgan fingerprint density at radius 1 is 1.29 bits per heavy atom. The lowest BCUT2D eigenvalue weighted by molar-refractivity contribution is 0.0953. The van der Waals surface area contributed by atoms with Crippen molar-refractivity contribution >= 4 is 22.8 Å². The van der Waals surface area contributed by atoms with Crippen LogP contribution in [-0.2, 0) is 6.42 Å². The number of amides is 1. The van der Waals surface area contributed by atoms with Crippen LogP contribution in [-0.4, -0.2) is 33.9 Å². The van der Waals surface area contributed by atoms with E-state index in [1.54, 1.807) is 18.3 Å². The predicted octanol–water partition coefficient (Wildman–Crippen LogP) is 2.53. The molecule has 0 fully saturated rings. The maximum absolute atomic E-state index is 11.9. The summed E-state index contributed by atoms with van der Waals surface area (Å²) in [5.74, 6) is 0.207. The van der Waals surface area contributed by atoms with E-state index in [0.717, 1.165) is 11.9 Å². The molecule has 6 nitrogen and oxygen atoms in total. The van der Waals surface area contributed by atoms with Gasteiger partial charge in [-0.15, -0.1) is 6.58 Å². The van der Waals surface area contributed by atoms with Crippen LogP contribution >= 0.6 is 0 Å². The largest absolute Gasteiger partial charge is 0.361 e. The van der Waals surface area contributed by atoms with Gasteiger partial charge in [0.05, 0.1) is 0 Å². The number of carbonyl (C=O) groups excluding carboxylic acids is 1. The standard InChI is InChI=1S/C18H19N5O/c1-2-9-19-17(24)16-8-11-21-18(23-16)20-10-7-13-12-22-15-6-4-3-5-14(13)15/h2-6,8,11-12,22H,1,7,9-10H2,(H,19,24)(H,20,21,23). The fourth-order valence-electron chi connectivity index (χ4n) is 2.47. The minimum Gasteiger partial charge on any atom is -0.361 e. The number of carbonyl (C=O) groups is 1. The second-order valence-corrected chi connectivity index (χ2v) is 5.30. The van der Waals surface area contributed by atoms with E-state index in [9.17, 15) is 4.79 Å². The first-order valence-corrected chi connectivity index (χ1v) is 7.79. The molecule has 3 N–H and O–H groups in total. The molecule has 2 heterocycles. The number of aromatic nitrogens is 3. The quantitative estimate of drug-likeness (QED) is 0.584. The lowest BCUT2D eigenvalue weighted by Gasteiger charge is -2.06. The molecule has 0 spiro atoms. The van der Waals surface area contributed by atoms with Crippen molar-refractivity contribution in [1.82, 2.24) is 20.3 Å². The smallest absolute Gasteiger partial charge is 0.270 e. The summed E-state index contributed by atoms with van der Waals surface area (Å²) in [6, 6.07) is 9.78. The van der Waals surface area contributed by atoms with Crippen molar-refractivity contribution in [2.75, 3.05) is 18.4 Å².